The molecular weight excluding hydrogens is 256 g/mol. The lowest BCUT2D eigenvalue weighted by atomic mass is 10.1. The molecule has 1 aromatic rings. The molecule has 0 heterocycles. The molecule has 20 heavy (non-hydrogen) atoms. The predicted octanol–water partition coefficient (Wildman–Crippen LogP) is 1.32. The number of benzene rings is 1. The number of carbonyl (C=O) groups excluding carboxylic acids is 2. The highest BCUT2D eigenvalue weighted by atomic mass is 16.5. The molecule has 1 rings (SSSR count). The summed E-state index contributed by atoms with van der Waals surface area (Å²) < 4.78 is 5.37. The maximum absolute atomic E-state index is 11.5. The van der Waals surface area contributed by atoms with Crippen molar-refractivity contribution >= 4 is 11.8 Å². The van der Waals surface area contributed by atoms with Crippen LogP contribution in [0.2, 0.25) is 0 Å². The summed E-state index contributed by atoms with van der Waals surface area (Å²) in [6, 6.07) is 5.71. The lowest BCUT2D eigenvalue weighted by molar-refractivity contribution is -0.127. The molecule has 0 spiro atoms. The van der Waals surface area contributed by atoms with E-state index in [-0.39, 0.29) is 31.0 Å². The molecule has 0 bridgehead atoms. The molecule has 0 fully saturated rings. The van der Waals surface area contributed by atoms with E-state index in [0.717, 1.165) is 5.56 Å². The Bertz CT molecular complexity index is 484. The van der Waals surface area contributed by atoms with Crippen molar-refractivity contribution in [2.75, 3.05) is 13.2 Å². The Labute approximate surface area is 119 Å². The quantitative estimate of drug-likeness (QED) is 0.824. The molecular formula is C15H22N2O3. The van der Waals surface area contributed by atoms with Gasteiger partial charge >= 0.3 is 0 Å². The third kappa shape index (κ3) is 5.73. The second kappa shape index (κ2) is 7.53. The van der Waals surface area contributed by atoms with E-state index < -0.39 is 0 Å². The first-order valence-electron chi connectivity index (χ1n) is 6.64. The normalized spacial score (nSPS) is 10.2. The molecule has 110 valence electrons. The number of rotatable bonds is 6. The third-order valence-electron chi connectivity index (χ3n) is 2.74. The van der Waals surface area contributed by atoms with Gasteiger partial charge in [0.15, 0.2) is 6.61 Å². The smallest absolute Gasteiger partial charge is 0.258 e. The number of hydrogen-bond donors (Lipinski definition) is 2. The minimum Gasteiger partial charge on any atom is -0.484 e. The summed E-state index contributed by atoms with van der Waals surface area (Å²) in [7, 11) is 0. The number of hydrogen-bond acceptors (Lipinski definition) is 3. The molecule has 2 amide bonds. The number of aryl methyl sites for hydroxylation is 2. The molecule has 5 heteroatoms. The highest BCUT2D eigenvalue weighted by Gasteiger charge is 2.07. The van der Waals surface area contributed by atoms with Crippen molar-refractivity contribution in [2.45, 2.75) is 33.7 Å². The molecule has 0 atom stereocenters. The largest absolute Gasteiger partial charge is 0.484 e. The van der Waals surface area contributed by atoms with E-state index in [0.29, 0.717) is 5.75 Å². The van der Waals surface area contributed by atoms with E-state index in [1.54, 1.807) is 0 Å². The molecule has 2 N–H and O–H groups in total. The highest BCUT2D eigenvalue weighted by Crippen LogP contribution is 2.16. The van der Waals surface area contributed by atoms with Crippen LogP contribution < -0.4 is 15.4 Å². The van der Waals surface area contributed by atoms with E-state index >= 15 is 0 Å². The number of carbonyl (C=O) groups is 2. The Morgan fingerprint density at radius 3 is 2.45 bits per heavy atom. The first-order chi connectivity index (χ1) is 9.38. The first-order valence-corrected chi connectivity index (χ1v) is 6.64. The molecule has 5 nitrogen and oxygen atoms in total. The summed E-state index contributed by atoms with van der Waals surface area (Å²) in [6.07, 6.45) is 0. The fraction of sp³-hybridized carbons (Fsp3) is 0.467. The number of nitrogens with one attached hydrogen (secondary N) is 2. The first kappa shape index (κ1) is 16.0. The monoisotopic (exact) mass is 278 g/mol. The van der Waals surface area contributed by atoms with Crippen LogP contribution in [0.15, 0.2) is 18.2 Å². The Morgan fingerprint density at radius 1 is 1.15 bits per heavy atom. The summed E-state index contributed by atoms with van der Waals surface area (Å²) >= 11 is 0. The van der Waals surface area contributed by atoms with Crippen molar-refractivity contribution in [3.8, 4) is 5.75 Å². The molecule has 0 aliphatic rings. The maximum Gasteiger partial charge on any atom is 0.258 e. The van der Waals surface area contributed by atoms with E-state index in [9.17, 15) is 9.59 Å². The Morgan fingerprint density at radius 2 is 1.85 bits per heavy atom. The summed E-state index contributed by atoms with van der Waals surface area (Å²) in [6.45, 7) is 7.59. The van der Waals surface area contributed by atoms with Crippen LogP contribution in [0.1, 0.15) is 25.0 Å². The summed E-state index contributed by atoms with van der Waals surface area (Å²) in [5, 5.41) is 5.20. The van der Waals surface area contributed by atoms with Gasteiger partial charge in [0.05, 0.1) is 6.54 Å². The molecule has 0 aliphatic heterocycles. The molecule has 0 radical (unpaired) electrons. The summed E-state index contributed by atoms with van der Waals surface area (Å²) in [5.41, 5.74) is 2.28. The SMILES string of the molecule is Cc1ccc(OCC(=O)NCC(=O)NC(C)C)cc1C. The third-order valence-corrected chi connectivity index (χ3v) is 2.74. The van der Waals surface area contributed by atoms with Crippen LogP contribution in [0.25, 0.3) is 0 Å². The zero-order valence-electron chi connectivity index (χ0n) is 12.4. The van der Waals surface area contributed by atoms with Gasteiger partial charge in [0.1, 0.15) is 5.75 Å². The fourth-order valence-electron chi connectivity index (χ4n) is 1.56. The fourth-order valence-corrected chi connectivity index (χ4v) is 1.56. The average Bonchev–Trinajstić information content (AvgIpc) is 2.37. The Hall–Kier alpha value is -2.04. The van der Waals surface area contributed by atoms with Crippen molar-refractivity contribution in [3.63, 3.8) is 0 Å². The summed E-state index contributed by atoms with van der Waals surface area (Å²) in [4.78, 5) is 22.9. The van der Waals surface area contributed by atoms with Crippen molar-refractivity contribution in [3.05, 3.63) is 29.3 Å². The van der Waals surface area contributed by atoms with E-state index in [1.165, 1.54) is 5.56 Å². The highest BCUT2D eigenvalue weighted by molar-refractivity contribution is 5.85. The van der Waals surface area contributed by atoms with Crippen molar-refractivity contribution in [2.24, 2.45) is 0 Å². The maximum atomic E-state index is 11.5. The molecule has 1 aromatic carbocycles. The lowest BCUT2D eigenvalue weighted by Crippen LogP contribution is -2.41. The zero-order chi connectivity index (χ0) is 15.1. The second-order valence-electron chi connectivity index (χ2n) is 5.03. The molecule has 0 saturated carbocycles. The van der Waals surface area contributed by atoms with Gasteiger partial charge in [-0.1, -0.05) is 6.07 Å². The van der Waals surface area contributed by atoms with Gasteiger partial charge in [-0.3, -0.25) is 9.59 Å². The summed E-state index contributed by atoms with van der Waals surface area (Å²) in [5.74, 6) is 0.122. The predicted molar refractivity (Wildman–Crippen MR) is 77.7 cm³/mol. The van der Waals surface area contributed by atoms with Gasteiger partial charge in [0, 0.05) is 6.04 Å². The van der Waals surface area contributed by atoms with Crippen LogP contribution in [-0.2, 0) is 9.59 Å². The lowest BCUT2D eigenvalue weighted by Gasteiger charge is -2.10. The van der Waals surface area contributed by atoms with Gasteiger partial charge in [0.2, 0.25) is 5.91 Å². The van der Waals surface area contributed by atoms with E-state index in [4.69, 9.17) is 4.74 Å². The van der Waals surface area contributed by atoms with Crippen LogP contribution in [0, 0.1) is 13.8 Å². The minimum absolute atomic E-state index is 0.0344. The van der Waals surface area contributed by atoms with Crippen LogP contribution in [0.3, 0.4) is 0 Å². The Kier molecular flexibility index (Phi) is 6.03. The van der Waals surface area contributed by atoms with Gasteiger partial charge < -0.3 is 15.4 Å². The van der Waals surface area contributed by atoms with E-state index in [2.05, 4.69) is 10.6 Å². The zero-order valence-corrected chi connectivity index (χ0v) is 12.4. The van der Waals surface area contributed by atoms with Crippen molar-refractivity contribution in [1.82, 2.24) is 10.6 Å². The second-order valence-corrected chi connectivity index (χ2v) is 5.03. The molecule has 0 unspecified atom stereocenters. The van der Waals surface area contributed by atoms with Gasteiger partial charge in [-0.2, -0.15) is 0 Å². The molecule has 0 aliphatic carbocycles. The Balaban J connectivity index is 2.32. The van der Waals surface area contributed by atoms with Crippen LogP contribution in [0.4, 0.5) is 0 Å². The van der Waals surface area contributed by atoms with Gasteiger partial charge in [-0.25, -0.2) is 0 Å². The van der Waals surface area contributed by atoms with Crippen LogP contribution in [0.5, 0.6) is 5.75 Å². The van der Waals surface area contributed by atoms with Gasteiger partial charge in [-0.05, 0) is 51.0 Å². The van der Waals surface area contributed by atoms with Gasteiger partial charge in [0.25, 0.3) is 5.91 Å². The van der Waals surface area contributed by atoms with Crippen molar-refractivity contribution < 1.29 is 14.3 Å². The van der Waals surface area contributed by atoms with Crippen LogP contribution in [-0.4, -0.2) is 31.0 Å². The number of amides is 2. The molecule has 0 saturated heterocycles. The average molecular weight is 278 g/mol. The molecule has 0 aromatic heterocycles. The van der Waals surface area contributed by atoms with Crippen molar-refractivity contribution in [1.29, 1.82) is 0 Å². The minimum atomic E-state index is -0.317. The van der Waals surface area contributed by atoms with E-state index in [1.807, 2.05) is 45.9 Å². The van der Waals surface area contributed by atoms with Gasteiger partial charge in [-0.15, -0.1) is 0 Å². The topological polar surface area (TPSA) is 67.4 Å². The van der Waals surface area contributed by atoms with Crippen LogP contribution >= 0.6 is 0 Å². The number of ether oxygens (including phenoxy) is 1. The standard InChI is InChI=1S/C15H22N2O3/c1-10(2)17-14(18)8-16-15(19)9-20-13-6-5-11(3)12(4)7-13/h5-7,10H,8-9H2,1-4H3,(H,16,19)(H,17,18).